The van der Waals surface area contributed by atoms with Crippen molar-refractivity contribution in [2.45, 2.75) is 39.2 Å². The van der Waals surface area contributed by atoms with E-state index < -0.39 is 5.97 Å². The van der Waals surface area contributed by atoms with E-state index in [4.69, 9.17) is 0 Å². The van der Waals surface area contributed by atoms with Gasteiger partial charge in [0.2, 0.25) is 0 Å². The molecule has 106 valence electrons. The molecule has 0 aliphatic heterocycles. The minimum atomic E-state index is -0.883. The maximum atomic E-state index is 11.5. The number of pyridine rings is 1. The van der Waals surface area contributed by atoms with Gasteiger partial charge in [0.15, 0.2) is 0 Å². The molecule has 1 heterocycles. The zero-order valence-corrected chi connectivity index (χ0v) is 11.9. The van der Waals surface area contributed by atoms with Gasteiger partial charge >= 0.3 is 5.97 Å². The minimum absolute atomic E-state index is 0.341. The number of carboxylic acid groups (broad SMARTS) is 1. The summed E-state index contributed by atoms with van der Waals surface area (Å²) in [7, 11) is 0. The molecule has 20 heavy (non-hydrogen) atoms. The van der Waals surface area contributed by atoms with Gasteiger partial charge in [0.1, 0.15) is 5.56 Å². The molecule has 4 unspecified atom stereocenters. The molecule has 2 N–H and O–H groups in total. The van der Waals surface area contributed by atoms with Gasteiger partial charge in [-0.1, -0.05) is 0 Å². The number of aromatic nitrogens is 1. The first kappa shape index (κ1) is 12.2. The number of aromatic carboxylic acids is 1. The maximum absolute atomic E-state index is 11.5. The average molecular weight is 272 g/mol. The van der Waals surface area contributed by atoms with Crippen LogP contribution in [0.5, 0.6) is 0 Å². The number of carbonyl (C=O) groups is 1. The lowest BCUT2D eigenvalue weighted by Gasteiger charge is -2.15. The van der Waals surface area contributed by atoms with E-state index >= 15 is 0 Å². The molecule has 0 radical (unpaired) electrons. The molecule has 1 aromatic rings. The van der Waals surface area contributed by atoms with Crippen LogP contribution in [0.3, 0.4) is 0 Å². The molecule has 0 spiro atoms. The van der Waals surface area contributed by atoms with Crippen LogP contribution in [-0.2, 0) is 0 Å². The molecular weight excluding hydrogens is 252 g/mol. The monoisotopic (exact) mass is 272 g/mol. The number of rotatable bonds is 3. The topological polar surface area (TPSA) is 62.2 Å². The van der Waals surface area contributed by atoms with E-state index in [9.17, 15) is 9.90 Å². The van der Waals surface area contributed by atoms with Crippen LogP contribution in [0.4, 0.5) is 5.69 Å². The van der Waals surface area contributed by atoms with E-state index in [-0.39, 0.29) is 0 Å². The number of carboxylic acids is 1. The van der Waals surface area contributed by atoms with Gasteiger partial charge in [0.25, 0.3) is 0 Å². The Balaban J connectivity index is 1.62. The van der Waals surface area contributed by atoms with Gasteiger partial charge in [-0.15, -0.1) is 0 Å². The van der Waals surface area contributed by atoms with Crippen molar-refractivity contribution in [1.29, 1.82) is 0 Å². The normalized spacial score (nSPS) is 36.8. The van der Waals surface area contributed by atoms with Crippen LogP contribution < -0.4 is 5.32 Å². The van der Waals surface area contributed by atoms with Crippen LogP contribution in [0.15, 0.2) is 6.07 Å². The summed E-state index contributed by atoms with van der Waals surface area (Å²) >= 11 is 0. The molecule has 3 fully saturated rings. The predicted molar refractivity (Wildman–Crippen MR) is 75.9 cm³/mol. The lowest BCUT2D eigenvalue weighted by atomic mass is 10.0. The molecule has 0 saturated heterocycles. The molecule has 3 aliphatic carbocycles. The first-order valence-electron chi connectivity index (χ1n) is 7.54. The second-order valence-corrected chi connectivity index (χ2v) is 6.73. The van der Waals surface area contributed by atoms with Crippen LogP contribution in [0.25, 0.3) is 0 Å². The Hall–Kier alpha value is -1.58. The fraction of sp³-hybridized carbons (Fsp3) is 0.625. The van der Waals surface area contributed by atoms with Crippen molar-refractivity contribution < 1.29 is 9.90 Å². The second-order valence-electron chi connectivity index (χ2n) is 6.73. The molecule has 0 amide bonds. The van der Waals surface area contributed by atoms with Crippen LogP contribution >= 0.6 is 0 Å². The van der Waals surface area contributed by atoms with Crippen molar-refractivity contribution in [1.82, 2.24) is 4.98 Å². The number of hydrogen-bond donors (Lipinski definition) is 2. The highest BCUT2D eigenvalue weighted by Gasteiger charge is 2.65. The zero-order chi connectivity index (χ0) is 14.0. The summed E-state index contributed by atoms with van der Waals surface area (Å²) in [5, 5.41) is 12.9. The highest BCUT2D eigenvalue weighted by Crippen LogP contribution is 2.66. The smallest absolute Gasteiger partial charge is 0.339 e. The maximum Gasteiger partial charge on any atom is 0.339 e. The minimum Gasteiger partial charge on any atom is -0.478 e. The molecule has 4 rings (SSSR count). The Morgan fingerprint density at radius 3 is 2.55 bits per heavy atom. The van der Waals surface area contributed by atoms with E-state index in [0.29, 0.717) is 17.3 Å². The zero-order valence-electron chi connectivity index (χ0n) is 11.9. The van der Waals surface area contributed by atoms with Gasteiger partial charge in [0, 0.05) is 11.7 Å². The summed E-state index contributed by atoms with van der Waals surface area (Å²) in [6, 6.07) is 2.38. The third-order valence-electron chi connectivity index (χ3n) is 5.60. The number of hydrogen-bond acceptors (Lipinski definition) is 3. The standard InChI is InChI=1S/C16H20N2O2/c1-7-5-11(12(16(19)20)8(2)17-7)18-15-13-9-3-4-10(6-9)14(13)15/h5,9-10,13-15H,3-4,6H2,1-2H3,(H,17,18)(H,19,20). The Kier molecular flexibility index (Phi) is 2.41. The summed E-state index contributed by atoms with van der Waals surface area (Å²) in [6.07, 6.45) is 4.17. The highest BCUT2D eigenvalue weighted by molar-refractivity contribution is 5.95. The van der Waals surface area contributed by atoms with Crippen molar-refractivity contribution in [2.24, 2.45) is 23.7 Å². The summed E-state index contributed by atoms with van der Waals surface area (Å²) in [4.78, 5) is 15.7. The lowest BCUT2D eigenvalue weighted by Crippen LogP contribution is -2.16. The van der Waals surface area contributed by atoms with Gasteiger partial charge in [-0.3, -0.25) is 4.98 Å². The summed E-state index contributed by atoms with van der Waals surface area (Å²) in [6.45, 7) is 3.69. The van der Waals surface area contributed by atoms with Gasteiger partial charge in [-0.05, 0) is 62.8 Å². The van der Waals surface area contributed by atoms with E-state index in [2.05, 4.69) is 10.3 Å². The quantitative estimate of drug-likeness (QED) is 0.888. The van der Waals surface area contributed by atoms with Crippen molar-refractivity contribution in [3.63, 3.8) is 0 Å². The summed E-state index contributed by atoms with van der Waals surface area (Å²) in [5.74, 6) is 2.49. The van der Waals surface area contributed by atoms with Crippen molar-refractivity contribution >= 4 is 11.7 Å². The number of nitrogens with zero attached hydrogens (tertiary/aromatic N) is 1. The molecule has 3 aliphatic rings. The lowest BCUT2D eigenvalue weighted by molar-refractivity contribution is 0.0696. The van der Waals surface area contributed by atoms with Gasteiger partial charge < -0.3 is 10.4 Å². The fourth-order valence-electron chi connectivity index (χ4n) is 4.91. The SMILES string of the molecule is Cc1cc(NC2C3C4CCC(C4)C23)c(C(=O)O)c(C)n1. The molecule has 4 nitrogen and oxygen atoms in total. The van der Waals surface area contributed by atoms with E-state index in [1.807, 2.05) is 13.0 Å². The largest absolute Gasteiger partial charge is 0.478 e. The first-order valence-corrected chi connectivity index (χ1v) is 7.54. The number of aryl methyl sites for hydroxylation is 2. The van der Waals surface area contributed by atoms with Crippen molar-refractivity contribution in [3.8, 4) is 0 Å². The van der Waals surface area contributed by atoms with Crippen molar-refractivity contribution in [2.75, 3.05) is 5.32 Å². The fourth-order valence-corrected chi connectivity index (χ4v) is 4.91. The van der Waals surface area contributed by atoms with Crippen LogP contribution in [0.1, 0.15) is 41.0 Å². The second kappa shape index (κ2) is 3.96. The van der Waals surface area contributed by atoms with Crippen LogP contribution in [-0.4, -0.2) is 22.1 Å². The van der Waals surface area contributed by atoms with E-state index in [1.165, 1.54) is 19.3 Å². The molecule has 4 heteroatoms. The third-order valence-corrected chi connectivity index (χ3v) is 5.60. The Bertz CT molecular complexity index is 582. The predicted octanol–water partition coefficient (Wildman–Crippen LogP) is 2.85. The Morgan fingerprint density at radius 2 is 1.95 bits per heavy atom. The number of fused-ring (bicyclic) bond motifs is 5. The Morgan fingerprint density at radius 1 is 1.30 bits per heavy atom. The molecule has 2 bridgehead atoms. The van der Waals surface area contributed by atoms with Crippen LogP contribution in [0, 0.1) is 37.5 Å². The van der Waals surface area contributed by atoms with Gasteiger partial charge in [-0.2, -0.15) is 0 Å². The number of anilines is 1. The molecule has 4 atom stereocenters. The molecule has 1 aromatic heterocycles. The summed E-state index contributed by atoms with van der Waals surface area (Å²) in [5.41, 5.74) is 2.59. The molecule has 0 aromatic carbocycles. The number of nitrogens with one attached hydrogen (secondary N) is 1. The van der Waals surface area contributed by atoms with Gasteiger partial charge in [0.05, 0.1) is 11.4 Å². The molecular formula is C16H20N2O2. The third kappa shape index (κ3) is 1.60. The highest BCUT2D eigenvalue weighted by atomic mass is 16.4. The van der Waals surface area contributed by atoms with Crippen LogP contribution in [0.2, 0.25) is 0 Å². The summed E-state index contributed by atoms with van der Waals surface area (Å²) < 4.78 is 0. The molecule has 3 saturated carbocycles. The van der Waals surface area contributed by atoms with E-state index in [0.717, 1.165) is 35.1 Å². The van der Waals surface area contributed by atoms with E-state index in [1.54, 1.807) is 6.92 Å². The van der Waals surface area contributed by atoms with Crippen molar-refractivity contribution in [3.05, 3.63) is 23.0 Å². The Labute approximate surface area is 118 Å². The average Bonchev–Trinajstić information content (AvgIpc) is 2.77. The van der Waals surface area contributed by atoms with Gasteiger partial charge in [-0.25, -0.2) is 4.79 Å². The first-order chi connectivity index (χ1) is 9.56.